The number of rotatable bonds is 6. The van der Waals surface area contributed by atoms with Gasteiger partial charge in [0.05, 0.1) is 12.3 Å². The van der Waals surface area contributed by atoms with Crippen LogP contribution in [0.2, 0.25) is 0 Å². The zero-order valence-electron chi connectivity index (χ0n) is 11.5. The van der Waals surface area contributed by atoms with E-state index in [0.717, 1.165) is 18.8 Å². The molecule has 2 rings (SSSR count). The van der Waals surface area contributed by atoms with Gasteiger partial charge in [-0.2, -0.15) is 0 Å². The van der Waals surface area contributed by atoms with Crippen LogP contribution in [-0.2, 0) is 6.54 Å². The molecule has 2 N–H and O–H groups in total. The fraction of sp³-hybridized carbons (Fsp3) is 0.400. The number of aromatic nitrogens is 1. The van der Waals surface area contributed by atoms with Crippen LogP contribution in [0.1, 0.15) is 31.2 Å². The molecule has 0 fully saturated rings. The lowest BCUT2D eigenvalue weighted by atomic mass is 10.1. The summed E-state index contributed by atoms with van der Waals surface area (Å²) in [6.45, 7) is 5.91. The molecule has 4 nitrogen and oxygen atoms in total. The predicted molar refractivity (Wildman–Crippen MR) is 75.4 cm³/mol. The lowest BCUT2D eigenvalue weighted by Gasteiger charge is -2.32. The number of pyridine rings is 1. The Morgan fingerprint density at radius 1 is 1.32 bits per heavy atom. The number of hydrogen-bond donors (Lipinski definition) is 1. The third kappa shape index (κ3) is 3.43. The van der Waals surface area contributed by atoms with Gasteiger partial charge in [0.1, 0.15) is 5.76 Å². The van der Waals surface area contributed by atoms with Crippen LogP contribution >= 0.6 is 0 Å². The van der Waals surface area contributed by atoms with Crippen molar-refractivity contribution >= 4 is 0 Å². The molecule has 0 radical (unpaired) electrons. The Balaban J connectivity index is 2.18. The summed E-state index contributed by atoms with van der Waals surface area (Å²) in [6.07, 6.45) is 5.33. The first-order valence-corrected chi connectivity index (χ1v) is 6.64. The molecule has 102 valence electrons. The summed E-state index contributed by atoms with van der Waals surface area (Å²) in [5.41, 5.74) is 7.37. The maximum absolute atomic E-state index is 6.14. The maximum atomic E-state index is 6.14. The third-order valence-corrected chi connectivity index (χ3v) is 3.27. The van der Waals surface area contributed by atoms with E-state index < -0.39 is 0 Å². The first-order chi connectivity index (χ1) is 9.22. The number of likely N-dealkylation sites (N-methyl/N-ethyl adjacent to an activating group) is 1. The average molecular weight is 259 g/mol. The number of nitrogens with zero attached hydrogens (tertiary/aromatic N) is 2. The van der Waals surface area contributed by atoms with E-state index in [1.165, 1.54) is 5.56 Å². The molecule has 0 spiro atoms. The molecule has 0 saturated heterocycles. The second-order valence-corrected chi connectivity index (χ2v) is 4.74. The normalized spacial score (nSPS) is 14.5. The second-order valence-electron chi connectivity index (χ2n) is 4.74. The van der Waals surface area contributed by atoms with Gasteiger partial charge in [0.2, 0.25) is 0 Å². The topological polar surface area (TPSA) is 55.3 Å². The van der Waals surface area contributed by atoms with Crippen molar-refractivity contribution < 1.29 is 4.42 Å². The van der Waals surface area contributed by atoms with E-state index in [2.05, 4.69) is 16.8 Å². The van der Waals surface area contributed by atoms with E-state index in [-0.39, 0.29) is 12.1 Å². The van der Waals surface area contributed by atoms with Crippen LogP contribution in [0.5, 0.6) is 0 Å². The quantitative estimate of drug-likeness (QED) is 0.866. The van der Waals surface area contributed by atoms with Crippen LogP contribution in [0.3, 0.4) is 0 Å². The van der Waals surface area contributed by atoms with Crippen LogP contribution in [-0.4, -0.2) is 22.5 Å². The maximum Gasteiger partial charge on any atom is 0.122 e. The van der Waals surface area contributed by atoms with Crippen LogP contribution in [0.15, 0.2) is 47.3 Å². The van der Waals surface area contributed by atoms with Gasteiger partial charge in [-0.15, -0.1) is 0 Å². The zero-order chi connectivity index (χ0) is 13.7. The van der Waals surface area contributed by atoms with Crippen LogP contribution in [0, 0.1) is 0 Å². The Labute approximate surface area is 114 Å². The van der Waals surface area contributed by atoms with E-state index in [0.29, 0.717) is 0 Å². The van der Waals surface area contributed by atoms with E-state index in [9.17, 15) is 0 Å². The Bertz CT molecular complexity index is 467. The van der Waals surface area contributed by atoms with E-state index in [1.807, 2.05) is 43.6 Å². The smallest absolute Gasteiger partial charge is 0.122 e. The van der Waals surface area contributed by atoms with Crippen LogP contribution in [0.25, 0.3) is 0 Å². The van der Waals surface area contributed by atoms with Gasteiger partial charge in [-0.05, 0) is 43.3 Å². The molecule has 2 unspecified atom stereocenters. The van der Waals surface area contributed by atoms with Gasteiger partial charge in [-0.3, -0.25) is 9.88 Å². The van der Waals surface area contributed by atoms with Crippen molar-refractivity contribution in [2.75, 3.05) is 6.54 Å². The summed E-state index contributed by atoms with van der Waals surface area (Å²) in [5, 5.41) is 0. The molecule has 19 heavy (non-hydrogen) atoms. The standard InChI is InChI=1S/C15H21N3O/c1-3-18(11-13-6-8-17-9-7-13)15(12(2)16)14-5-4-10-19-14/h4-10,12,15H,3,11,16H2,1-2H3. The summed E-state index contributed by atoms with van der Waals surface area (Å²) in [5.74, 6) is 0.922. The molecule has 2 aromatic rings. The largest absolute Gasteiger partial charge is 0.468 e. The molecular formula is C15H21N3O. The van der Waals surface area contributed by atoms with Gasteiger partial charge >= 0.3 is 0 Å². The second kappa shape index (κ2) is 6.50. The molecule has 0 amide bonds. The highest BCUT2D eigenvalue weighted by Gasteiger charge is 2.25. The van der Waals surface area contributed by atoms with E-state index in [4.69, 9.17) is 10.2 Å². The van der Waals surface area contributed by atoms with Gasteiger partial charge in [0.15, 0.2) is 0 Å². The molecule has 0 aromatic carbocycles. The Kier molecular flexibility index (Phi) is 4.71. The monoisotopic (exact) mass is 259 g/mol. The van der Waals surface area contributed by atoms with Gasteiger partial charge in [0, 0.05) is 25.0 Å². The van der Waals surface area contributed by atoms with Crippen molar-refractivity contribution in [3.8, 4) is 0 Å². The minimum absolute atomic E-state index is 0.00735. The molecule has 0 bridgehead atoms. The minimum atomic E-state index is 0.00735. The summed E-state index contributed by atoms with van der Waals surface area (Å²) in [4.78, 5) is 6.36. The van der Waals surface area contributed by atoms with Crippen molar-refractivity contribution in [3.63, 3.8) is 0 Å². The zero-order valence-corrected chi connectivity index (χ0v) is 11.5. The molecule has 2 aromatic heterocycles. The highest BCUT2D eigenvalue weighted by Crippen LogP contribution is 2.25. The number of furan rings is 1. The summed E-state index contributed by atoms with van der Waals surface area (Å²) in [6, 6.07) is 8.06. The number of nitrogens with two attached hydrogens (primary N) is 1. The first-order valence-electron chi connectivity index (χ1n) is 6.64. The van der Waals surface area contributed by atoms with Crippen molar-refractivity contribution in [2.45, 2.75) is 32.5 Å². The Hall–Kier alpha value is -1.65. The average Bonchev–Trinajstić information content (AvgIpc) is 2.92. The Morgan fingerprint density at radius 3 is 2.58 bits per heavy atom. The highest BCUT2D eigenvalue weighted by molar-refractivity contribution is 5.12. The fourth-order valence-electron chi connectivity index (χ4n) is 2.36. The van der Waals surface area contributed by atoms with Gasteiger partial charge in [-0.25, -0.2) is 0 Å². The van der Waals surface area contributed by atoms with E-state index in [1.54, 1.807) is 6.26 Å². The number of hydrogen-bond acceptors (Lipinski definition) is 4. The molecule has 0 aliphatic rings. The van der Waals surface area contributed by atoms with Gasteiger partial charge in [0.25, 0.3) is 0 Å². The predicted octanol–water partition coefficient (Wildman–Crippen LogP) is 2.58. The first kappa shape index (κ1) is 13.8. The van der Waals surface area contributed by atoms with Gasteiger partial charge in [-0.1, -0.05) is 6.92 Å². The summed E-state index contributed by atoms with van der Waals surface area (Å²) < 4.78 is 5.54. The molecule has 0 aliphatic carbocycles. The fourth-order valence-corrected chi connectivity index (χ4v) is 2.36. The van der Waals surface area contributed by atoms with Gasteiger partial charge < -0.3 is 10.2 Å². The van der Waals surface area contributed by atoms with Crippen molar-refractivity contribution in [1.29, 1.82) is 0 Å². The highest BCUT2D eigenvalue weighted by atomic mass is 16.3. The lowest BCUT2D eigenvalue weighted by molar-refractivity contribution is 0.154. The van der Waals surface area contributed by atoms with E-state index >= 15 is 0 Å². The SMILES string of the molecule is CCN(Cc1ccncc1)C(c1ccco1)C(C)N. The van der Waals surface area contributed by atoms with Crippen molar-refractivity contribution in [2.24, 2.45) is 5.73 Å². The third-order valence-electron chi connectivity index (χ3n) is 3.27. The molecule has 0 aliphatic heterocycles. The molecule has 2 heterocycles. The molecular weight excluding hydrogens is 238 g/mol. The van der Waals surface area contributed by atoms with Crippen molar-refractivity contribution in [3.05, 3.63) is 54.2 Å². The lowest BCUT2D eigenvalue weighted by Crippen LogP contribution is -2.39. The minimum Gasteiger partial charge on any atom is -0.468 e. The van der Waals surface area contributed by atoms with Crippen LogP contribution < -0.4 is 5.73 Å². The molecule has 0 saturated carbocycles. The summed E-state index contributed by atoms with van der Waals surface area (Å²) in [7, 11) is 0. The summed E-state index contributed by atoms with van der Waals surface area (Å²) >= 11 is 0. The van der Waals surface area contributed by atoms with Crippen molar-refractivity contribution in [1.82, 2.24) is 9.88 Å². The van der Waals surface area contributed by atoms with Crippen LogP contribution in [0.4, 0.5) is 0 Å². The Morgan fingerprint density at radius 2 is 2.05 bits per heavy atom. The molecule has 2 atom stereocenters. The molecule has 4 heteroatoms.